The molecule has 0 aliphatic rings. The van der Waals surface area contributed by atoms with Crippen LogP contribution in [0.3, 0.4) is 0 Å². The Bertz CT molecular complexity index is 863. The molecule has 1 heterocycles. The van der Waals surface area contributed by atoms with Crippen LogP contribution in [0, 0.1) is 5.82 Å². The molecule has 0 radical (unpaired) electrons. The van der Waals surface area contributed by atoms with Crippen molar-refractivity contribution >= 4 is 15.9 Å². The van der Waals surface area contributed by atoms with Gasteiger partial charge in [-0.2, -0.15) is 0 Å². The van der Waals surface area contributed by atoms with Crippen molar-refractivity contribution in [1.29, 1.82) is 0 Å². The first kappa shape index (κ1) is 18.0. The summed E-state index contributed by atoms with van der Waals surface area (Å²) in [5, 5.41) is 15.3. The van der Waals surface area contributed by atoms with Crippen LogP contribution in [0.25, 0.3) is 0 Å². The number of nitrogens with zero attached hydrogens (tertiary/aromatic N) is 3. The number of hydrogen-bond donors (Lipinski definition) is 2. The van der Waals surface area contributed by atoms with Crippen molar-refractivity contribution in [3.05, 3.63) is 41.7 Å². The van der Waals surface area contributed by atoms with Crippen molar-refractivity contribution in [3.63, 3.8) is 0 Å². The fourth-order valence-electron chi connectivity index (χ4n) is 2.15. The molecule has 1 amide bonds. The van der Waals surface area contributed by atoms with E-state index in [0.717, 1.165) is 18.2 Å². The predicted molar refractivity (Wildman–Crippen MR) is 84.1 cm³/mol. The summed E-state index contributed by atoms with van der Waals surface area (Å²) >= 11 is 0. The summed E-state index contributed by atoms with van der Waals surface area (Å²) in [5.74, 6) is -1.12. The highest BCUT2D eigenvalue weighted by Gasteiger charge is 2.21. The summed E-state index contributed by atoms with van der Waals surface area (Å²) in [6, 6.07) is 2.31. The molecule has 0 saturated carbocycles. The second-order valence-corrected chi connectivity index (χ2v) is 7.13. The maximum absolute atomic E-state index is 13.9. The number of aromatic nitrogens is 3. The molecule has 10 heteroatoms. The zero-order chi connectivity index (χ0) is 18.1. The number of nitrogens with two attached hydrogens (primary N) is 1. The van der Waals surface area contributed by atoms with Gasteiger partial charge in [0.15, 0.2) is 5.82 Å². The number of sulfonamides is 1. The number of carbonyl (C=O) groups excluding carboxylic acids is 1. The minimum Gasteiger partial charge on any atom is -0.342 e. The quantitative estimate of drug-likeness (QED) is 0.833. The van der Waals surface area contributed by atoms with Crippen LogP contribution in [-0.2, 0) is 10.0 Å². The van der Waals surface area contributed by atoms with Crippen molar-refractivity contribution in [3.8, 4) is 0 Å². The number of carbonyl (C=O) groups is 1. The van der Waals surface area contributed by atoms with Gasteiger partial charge in [-0.1, -0.05) is 0 Å². The van der Waals surface area contributed by atoms with E-state index in [-0.39, 0.29) is 10.9 Å². The molecule has 1 aromatic heterocycles. The Morgan fingerprint density at radius 3 is 2.58 bits per heavy atom. The van der Waals surface area contributed by atoms with Crippen molar-refractivity contribution in [2.45, 2.75) is 37.8 Å². The van der Waals surface area contributed by atoms with E-state index in [4.69, 9.17) is 5.14 Å². The highest BCUT2D eigenvalue weighted by Crippen LogP contribution is 2.17. The molecule has 3 N–H and O–H groups in total. The van der Waals surface area contributed by atoms with Gasteiger partial charge in [-0.15, -0.1) is 10.2 Å². The molecule has 1 unspecified atom stereocenters. The molecule has 1 atom stereocenters. The van der Waals surface area contributed by atoms with Crippen LogP contribution in [0.1, 0.15) is 49.0 Å². The lowest BCUT2D eigenvalue weighted by Gasteiger charge is -2.17. The third-order valence-corrected chi connectivity index (χ3v) is 4.31. The maximum Gasteiger partial charge on any atom is 0.254 e. The second-order valence-electron chi connectivity index (χ2n) is 5.57. The van der Waals surface area contributed by atoms with Crippen LogP contribution in [-0.4, -0.2) is 29.1 Å². The van der Waals surface area contributed by atoms with Crippen molar-refractivity contribution < 1.29 is 17.6 Å². The van der Waals surface area contributed by atoms with Gasteiger partial charge in [0.05, 0.1) is 16.5 Å². The average Bonchev–Trinajstić information content (AvgIpc) is 2.95. The summed E-state index contributed by atoms with van der Waals surface area (Å²) < 4.78 is 38.3. The highest BCUT2D eigenvalue weighted by molar-refractivity contribution is 7.89. The lowest BCUT2D eigenvalue weighted by molar-refractivity contribution is 0.0933. The van der Waals surface area contributed by atoms with Crippen molar-refractivity contribution in [2.24, 2.45) is 5.14 Å². The normalized spacial score (nSPS) is 13.1. The number of primary sulfonamides is 1. The van der Waals surface area contributed by atoms with E-state index in [9.17, 15) is 17.6 Å². The third-order valence-electron chi connectivity index (χ3n) is 3.40. The lowest BCUT2D eigenvalue weighted by atomic mass is 10.2. The monoisotopic (exact) mass is 355 g/mol. The van der Waals surface area contributed by atoms with Gasteiger partial charge >= 0.3 is 0 Å². The molecular formula is C14H18FN5O3S. The Balaban J connectivity index is 2.28. The van der Waals surface area contributed by atoms with Crippen LogP contribution in [0.2, 0.25) is 0 Å². The van der Waals surface area contributed by atoms with E-state index in [1.807, 2.05) is 13.8 Å². The van der Waals surface area contributed by atoms with E-state index in [1.165, 1.54) is 6.33 Å². The fourth-order valence-corrected chi connectivity index (χ4v) is 2.69. The number of benzene rings is 1. The fraction of sp³-hybridized carbons (Fsp3) is 0.357. The van der Waals surface area contributed by atoms with E-state index in [1.54, 1.807) is 11.5 Å². The first-order chi connectivity index (χ1) is 11.1. The largest absolute Gasteiger partial charge is 0.342 e. The molecule has 0 fully saturated rings. The summed E-state index contributed by atoms with van der Waals surface area (Å²) in [6.07, 6.45) is 1.53. The summed E-state index contributed by atoms with van der Waals surface area (Å²) in [7, 11) is -4.04. The number of amides is 1. The number of hydrogen-bond acceptors (Lipinski definition) is 5. The first-order valence-corrected chi connectivity index (χ1v) is 8.68. The molecule has 2 aromatic rings. The van der Waals surface area contributed by atoms with Crippen LogP contribution >= 0.6 is 0 Å². The molecule has 0 spiro atoms. The van der Waals surface area contributed by atoms with E-state index in [2.05, 4.69) is 15.5 Å². The van der Waals surface area contributed by atoms with Gasteiger partial charge in [0.2, 0.25) is 10.0 Å². The molecule has 1 aromatic carbocycles. The summed E-state index contributed by atoms with van der Waals surface area (Å²) in [5.41, 5.74) is -0.413. The lowest BCUT2D eigenvalue weighted by Crippen LogP contribution is -2.30. The SMILES string of the molecule is CC(NC(=O)c1cc(S(N)(=O)=O)ccc1F)c1nncn1C(C)C. The summed E-state index contributed by atoms with van der Waals surface area (Å²) in [6.45, 7) is 5.52. The smallest absolute Gasteiger partial charge is 0.254 e. The van der Waals surface area contributed by atoms with Crippen LogP contribution in [0.4, 0.5) is 4.39 Å². The van der Waals surface area contributed by atoms with E-state index in [0.29, 0.717) is 5.82 Å². The molecule has 0 aliphatic carbocycles. The van der Waals surface area contributed by atoms with Crippen LogP contribution in [0.5, 0.6) is 0 Å². The van der Waals surface area contributed by atoms with Gasteiger partial charge in [0.25, 0.3) is 5.91 Å². The molecule has 2 rings (SSSR count). The van der Waals surface area contributed by atoms with Crippen molar-refractivity contribution in [1.82, 2.24) is 20.1 Å². The molecule has 0 aliphatic heterocycles. The Labute approximate surface area is 138 Å². The summed E-state index contributed by atoms with van der Waals surface area (Å²) in [4.78, 5) is 11.9. The average molecular weight is 355 g/mol. The molecule has 24 heavy (non-hydrogen) atoms. The number of rotatable bonds is 5. The standard InChI is InChI=1S/C14H18FN5O3S/c1-8(2)20-7-17-19-13(20)9(3)18-14(21)11-6-10(24(16,22)23)4-5-12(11)15/h4-9H,1-3H3,(H,18,21)(H2,16,22,23). The van der Waals surface area contributed by atoms with Gasteiger partial charge < -0.3 is 9.88 Å². The van der Waals surface area contributed by atoms with Gasteiger partial charge in [-0.05, 0) is 39.0 Å². The van der Waals surface area contributed by atoms with Gasteiger partial charge in [0.1, 0.15) is 12.1 Å². The Kier molecular flexibility index (Phi) is 4.99. The minimum absolute atomic E-state index is 0.0804. The number of halogens is 1. The minimum atomic E-state index is -4.04. The maximum atomic E-state index is 13.9. The van der Waals surface area contributed by atoms with Crippen LogP contribution < -0.4 is 10.5 Å². The molecule has 0 saturated heterocycles. The van der Waals surface area contributed by atoms with E-state index >= 15 is 0 Å². The Hall–Kier alpha value is -2.33. The zero-order valence-electron chi connectivity index (χ0n) is 13.4. The predicted octanol–water partition coefficient (Wildman–Crippen LogP) is 1.14. The van der Waals surface area contributed by atoms with Gasteiger partial charge in [0, 0.05) is 6.04 Å². The molecule has 8 nitrogen and oxygen atoms in total. The second kappa shape index (κ2) is 6.65. The number of nitrogens with one attached hydrogen (secondary N) is 1. The van der Waals surface area contributed by atoms with Crippen molar-refractivity contribution in [2.75, 3.05) is 0 Å². The van der Waals surface area contributed by atoms with Gasteiger partial charge in [-0.3, -0.25) is 4.79 Å². The highest BCUT2D eigenvalue weighted by atomic mass is 32.2. The van der Waals surface area contributed by atoms with Gasteiger partial charge in [-0.25, -0.2) is 17.9 Å². The van der Waals surface area contributed by atoms with E-state index < -0.39 is 33.4 Å². The first-order valence-electron chi connectivity index (χ1n) is 7.14. The third kappa shape index (κ3) is 3.77. The molecule has 0 bridgehead atoms. The molecular weight excluding hydrogens is 337 g/mol. The Morgan fingerprint density at radius 1 is 1.33 bits per heavy atom. The molecule has 130 valence electrons. The zero-order valence-corrected chi connectivity index (χ0v) is 14.2. The topological polar surface area (TPSA) is 120 Å². The van der Waals surface area contributed by atoms with Crippen LogP contribution in [0.15, 0.2) is 29.4 Å². The Morgan fingerprint density at radius 2 is 2.00 bits per heavy atom.